The second-order valence-electron chi connectivity index (χ2n) is 6.99. The summed E-state index contributed by atoms with van der Waals surface area (Å²) in [6.07, 6.45) is 0. The van der Waals surface area contributed by atoms with Crippen molar-refractivity contribution in [2.24, 2.45) is 0 Å². The Kier molecular flexibility index (Phi) is 8.54. The molecule has 1 aromatic heterocycles. The third-order valence-electron chi connectivity index (χ3n) is 4.42. The minimum absolute atomic E-state index is 0.389. The number of amides is 3. The first-order valence-electron chi connectivity index (χ1n) is 9.79. The molecule has 0 spiro atoms. The maximum absolute atomic E-state index is 12.4. The Bertz CT molecular complexity index is 1090. The average molecular weight is 489 g/mol. The summed E-state index contributed by atoms with van der Waals surface area (Å²) in [5.41, 5.74) is 3.86. The Hall–Kier alpha value is -2.56. The highest BCUT2D eigenvalue weighted by molar-refractivity contribution is 8.03. The number of rotatable bonds is 8. The predicted molar refractivity (Wildman–Crippen MR) is 131 cm³/mol. The van der Waals surface area contributed by atoms with E-state index in [9.17, 15) is 9.59 Å². The number of thioether (sulfide) groups is 2. The van der Waals surface area contributed by atoms with Crippen molar-refractivity contribution in [1.82, 2.24) is 15.5 Å². The predicted octanol–water partition coefficient (Wildman–Crippen LogP) is 5.28. The van der Waals surface area contributed by atoms with Crippen LogP contribution in [0, 0.1) is 13.8 Å². The molecule has 0 aliphatic rings. The molecule has 1 atom stereocenters. The Morgan fingerprint density at radius 3 is 2.50 bits per heavy atom. The lowest BCUT2D eigenvalue weighted by Gasteiger charge is -2.12. The van der Waals surface area contributed by atoms with Gasteiger partial charge in [0.1, 0.15) is 5.75 Å². The normalized spacial score (nSPS) is 11.6. The standard InChI is InChI=1S/C22H24N4O3S3/c1-13-5-10-18(14(2)11-13)23-20(28)24-19(27)15(3)31-22-26-25-21(32-22)30-12-16-6-8-17(29-4)9-7-16/h5-11,15H,12H2,1-4H3,(H2,23,24,27,28). The van der Waals surface area contributed by atoms with Gasteiger partial charge >= 0.3 is 6.03 Å². The van der Waals surface area contributed by atoms with Gasteiger partial charge in [-0.1, -0.05) is 64.7 Å². The summed E-state index contributed by atoms with van der Waals surface area (Å²) in [7, 11) is 1.64. The van der Waals surface area contributed by atoms with Gasteiger partial charge in [0.05, 0.1) is 12.4 Å². The second-order valence-corrected chi connectivity index (χ2v) is 10.8. The molecule has 2 aromatic carbocycles. The molecular formula is C22H24N4O3S3. The van der Waals surface area contributed by atoms with Crippen molar-refractivity contribution in [3.8, 4) is 5.75 Å². The highest BCUT2D eigenvalue weighted by Crippen LogP contribution is 2.33. The molecule has 1 heterocycles. The van der Waals surface area contributed by atoms with Crippen LogP contribution in [-0.2, 0) is 10.5 Å². The molecule has 0 saturated heterocycles. The number of ether oxygens (including phenoxy) is 1. The Morgan fingerprint density at radius 1 is 1.09 bits per heavy atom. The van der Waals surface area contributed by atoms with Gasteiger partial charge in [-0.3, -0.25) is 10.1 Å². The lowest BCUT2D eigenvalue weighted by molar-refractivity contribution is -0.119. The summed E-state index contributed by atoms with van der Waals surface area (Å²) in [6.45, 7) is 5.62. The molecule has 32 heavy (non-hydrogen) atoms. The zero-order chi connectivity index (χ0) is 23.1. The van der Waals surface area contributed by atoms with Gasteiger partial charge in [0.25, 0.3) is 0 Å². The minimum atomic E-state index is -0.553. The van der Waals surface area contributed by atoms with Gasteiger partial charge in [-0.15, -0.1) is 10.2 Å². The monoisotopic (exact) mass is 488 g/mol. The second kappa shape index (κ2) is 11.3. The maximum Gasteiger partial charge on any atom is 0.325 e. The molecule has 0 fully saturated rings. The van der Waals surface area contributed by atoms with Crippen LogP contribution < -0.4 is 15.4 Å². The lowest BCUT2D eigenvalue weighted by atomic mass is 10.1. The van der Waals surface area contributed by atoms with E-state index in [1.165, 1.54) is 23.1 Å². The number of urea groups is 1. The Labute approximate surface area is 199 Å². The molecule has 0 bridgehead atoms. The number of aromatic nitrogens is 2. The summed E-state index contributed by atoms with van der Waals surface area (Å²) >= 11 is 4.29. The van der Waals surface area contributed by atoms with Crippen molar-refractivity contribution >= 4 is 52.5 Å². The number of carbonyl (C=O) groups excluding carboxylic acids is 2. The van der Waals surface area contributed by atoms with Crippen LogP contribution in [-0.4, -0.2) is 34.5 Å². The lowest BCUT2D eigenvalue weighted by Crippen LogP contribution is -2.39. The van der Waals surface area contributed by atoms with Crippen molar-refractivity contribution in [2.45, 2.75) is 40.5 Å². The van der Waals surface area contributed by atoms with Crippen molar-refractivity contribution < 1.29 is 14.3 Å². The fourth-order valence-corrected chi connectivity index (χ4v) is 5.82. The van der Waals surface area contributed by atoms with E-state index in [1.54, 1.807) is 25.8 Å². The van der Waals surface area contributed by atoms with Crippen molar-refractivity contribution in [3.63, 3.8) is 0 Å². The smallest absolute Gasteiger partial charge is 0.325 e. The molecule has 0 aliphatic heterocycles. The minimum Gasteiger partial charge on any atom is -0.497 e. The fraction of sp³-hybridized carbons (Fsp3) is 0.273. The number of carbonyl (C=O) groups is 2. The zero-order valence-electron chi connectivity index (χ0n) is 18.2. The Morgan fingerprint density at radius 2 is 1.81 bits per heavy atom. The van der Waals surface area contributed by atoms with Crippen LogP contribution in [0.2, 0.25) is 0 Å². The highest BCUT2D eigenvalue weighted by atomic mass is 32.2. The van der Waals surface area contributed by atoms with E-state index in [-0.39, 0.29) is 5.91 Å². The van der Waals surface area contributed by atoms with Crippen LogP contribution in [0.4, 0.5) is 10.5 Å². The topological polar surface area (TPSA) is 93.2 Å². The largest absolute Gasteiger partial charge is 0.497 e. The van der Waals surface area contributed by atoms with Crippen LogP contribution >= 0.6 is 34.9 Å². The quantitative estimate of drug-likeness (QED) is 0.416. The number of nitrogens with zero attached hydrogens (tertiary/aromatic N) is 2. The van der Waals surface area contributed by atoms with Gasteiger partial charge in [0.2, 0.25) is 5.91 Å². The van der Waals surface area contributed by atoms with E-state index < -0.39 is 11.3 Å². The number of nitrogens with one attached hydrogen (secondary N) is 2. The van der Waals surface area contributed by atoms with Gasteiger partial charge < -0.3 is 10.1 Å². The molecule has 1 unspecified atom stereocenters. The first kappa shape index (κ1) is 24.1. The number of aryl methyl sites for hydroxylation is 2. The van der Waals surface area contributed by atoms with E-state index >= 15 is 0 Å². The molecule has 0 aliphatic carbocycles. The maximum atomic E-state index is 12.4. The fourth-order valence-electron chi connectivity index (χ4n) is 2.70. The summed E-state index contributed by atoms with van der Waals surface area (Å²) in [6, 6.07) is 13.0. The summed E-state index contributed by atoms with van der Waals surface area (Å²) in [5, 5.41) is 12.9. The van der Waals surface area contributed by atoms with E-state index in [2.05, 4.69) is 20.8 Å². The van der Waals surface area contributed by atoms with Gasteiger partial charge in [0, 0.05) is 11.4 Å². The molecule has 2 N–H and O–H groups in total. The third-order valence-corrected chi connectivity index (χ3v) is 7.73. The van der Waals surface area contributed by atoms with E-state index in [0.29, 0.717) is 10.0 Å². The summed E-state index contributed by atoms with van der Waals surface area (Å²) in [4.78, 5) is 24.6. The van der Waals surface area contributed by atoms with E-state index in [1.807, 2.05) is 56.3 Å². The number of anilines is 1. The SMILES string of the molecule is COc1ccc(CSc2nnc(SC(C)C(=O)NC(=O)Nc3ccc(C)cc3C)s2)cc1. The molecule has 3 amide bonds. The van der Waals surface area contributed by atoms with Crippen LogP contribution in [0.15, 0.2) is 51.1 Å². The van der Waals surface area contributed by atoms with Crippen molar-refractivity contribution in [1.29, 1.82) is 0 Å². The van der Waals surface area contributed by atoms with Gasteiger partial charge in [-0.05, 0) is 50.1 Å². The number of hydrogen-bond acceptors (Lipinski definition) is 8. The number of hydrogen-bond donors (Lipinski definition) is 2. The van der Waals surface area contributed by atoms with Crippen LogP contribution in [0.1, 0.15) is 23.6 Å². The van der Waals surface area contributed by atoms with Crippen LogP contribution in [0.5, 0.6) is 5.75 Å². The van der Waals surface area contributed by atoms with Crippen molar-refractivity contribution in [3.05, 3.63) is 59.2 Å². The molecule has 168 valence electrons. The van der Waals surface area contributed by atoms with E-state index in [0.717, 1.165) is 32.5 Å². The summed E-state index contributed by atoms with van der Waals surface area (Å²) < 4.78 is 6.67. The Balaban J connectivity index is 1.47. The van der Waals surface area contributed by atoms with Crippen LogP contribution in [0.3, 0.4) is 0 Å². The number of imide groups is 1. The average Bonchev–Trinajstić information content (AvgIpc) is 3.21. The zero-order valence-corrected chi connectivity index (χ0v) is 20.6. The molecular weight excluding hydrogens is 464 g/mol. The van der Waals surface area contributed by atoms with E-state index in [4.69, 9.17) is 4.74 Å². The number of methoxy groups -OCH3 is 1. The summed E-state index contributed by atoms with van der Waals surface area (Å²) in [5.74, 6) is 1.20. The van der Waals surface area contributed by atoms with Gasteiger partial charge in [0.15, 0.2) is 8.68 Å². The highest BCUT2D eigenvalue weighted by Gasteiger charge is 2.20. The van der Waals surface area contributed by atoms with Crippen LogP contribution in [0.25, 0.3) is 0 Å². The molecule has 3 aromatic rings. The van der Waals surface area contributed by atoms with Gasteiger partial charge in [-0.2, -0.15) is 0 Å². The molecule has 7 nitrogen and oxygen atoms in total. The third kappa shape index (κ3) is 6.98. The van der Waals surface area contributed by atoms with Crippen molar-refractivity contribution in [2.75, 3.05) is 12.4 Å². The first-order valence-corrected chi connectivity index (χ1v) is 12.5. The van der Waals surface area contributed by atoms with Gasteiger partial charge in [-0.25, -0.2) is 4.79 Å². The molecule has 0 radical (unpaired) electrons. The first-order chi connectivity index (χ1) is 15.3. The molecule has 10 heteroatoms. The number of benzene rings is 2. The molecule has 0 saturated carbocycles. The molecule has 3 rings (SSSR count).